The highest BCUT2D eigenvalue weighted by Crippen LogP contribution is 2.16. The van der Waals surface area contributed by atoms with Crippen LogP contribution in [0.4, 0.5) is 5.69 Å². The minimum Gasteiger partial charge on any atom is -0.336 e. The molecular formula is C19H19N3O5S. The first-order chi connectivity index (χ1) is 13.4. The number of hydrogen-bond acceptors (Lipinski definition) is 5. The van der Waals surface area contributed by atoms with Gasteiger partial charge in [-0.25, -0.2) is 8.42 Å². The van der Waals surface area contributed by atoms with Crippen molar-refractivity contribution in [1.82, 2.24) is 9.21 Å². The summed E-state index contributed by atoms with van der Waals surface area (Å²) in [5.74, 6) is -0.272. The number of nitrogens with zero attached hydrogens (tertiary/aromatic N) is 3. The van der Waals surface area contributed by atoms with Gasteiger partial charge in [-0.15, -0.1) is 0 Å². The number of nitro benzene ring substituents is 1. The predicted molar refractivity (Wildman–Crippen MR) is 105 cm³/mol. The molecule has 2 aromatic rings. The summed E-state index contributed by atoms with van der Waals surface area (Å²) >= 11 is 0. The van der Waals surface area contributed by atoms with Crippen LogP contribution in [0.2, 0.25) is 0 Å². The van der Waals surface area contributed by atoms with Gasteiger partial charge in [-0.3, -0.25) is 14.9 Å². The fraction of sp³-hybridized carbons (Fsp3) is 0.211. The third-order valence-corrected chi connectivity index (χ3v) is 6.01. The summed E-state index contributed by atoms with van der Waals surface area (Å²) in [5.41, 5.74) is 1.04. The van der Waals surface area contributed by atoms with Crippen LogP contribution in [0.15, 0.2) is 60.0 Å². The van der Waals surface area contributed by atoms with Gasteiger partial charge < -0.3 is 4.90 Å². The van der Waals surface area contributed by atoms with Gasteiger partial charge in [-0.1, -0.05) is 30.3 Å². The summed E-state index contributed by atoms with van der Waals surface area (Å²) in [6, 6.07) is 14.5. The Morgan fingerprint density at radius 2 is 1.57 bits per heavy atom. The standard InChI is InChI=1S/C19H19N3O5S/c23-19(17-6-8-18(9-7-17)22(24)25)20-11-13-21(14-12-20)28(26,27)15-10-16-4-2-1-3-5-16/h1-10,15H,11-14H2. The van der Waals surface area contributed by atoms with Crippen molar-refractivity contribution in [2.75, 3.05) is 26.2 Å². The average molecular weight is 401 g/mol. The first kappa shape index (κ1) is 19.7. The zero-order valence-electron chi connectivity index (χ0n) is 15.0. The molecule has 0 spiro atoms. The van der Waals surface area contributed by atoms with Gasteiger partial charge in [0.1, 0.15) is 0 Å². The van der Waals surface area contributed by atoms with Crippen LogP contribution >= 0.6 is 0 Å². The first-order valence-electron chi connectivity index (χ1n) is 8.64. The van der Waals surface area contributed by atoms with Crippen molar-refractivity contribution in [1.29, 1.82) is 0 Å². The van der Waals surface area contributed by atoms with Gasteiger partial charge in [0, 0.05) is 49.3 Å². The van der Waals surface area contributed by atoms with Gasteiger partial charge in [0.25, 0.3) is 11.6 Å². The fourth-order valence-electron chi connectivity index (χ4n) is 2.87. The number of benzene rings is 2. The summed E-state index contributed by atoms with van der Waals surface area (Å²) in [6.45, 7) is 0.906. The quantitative estimate of drug-likeness (QED) is 0.565. The third kappa shape index (κ3) is 4.62. The second-order valence-corrected chi connectivity index (χ2v) is 8.07. The number of piperazine rings is 1. The Bertz CT molecular complexity index is 980. The molecule has 2 aromatic carbocycles. The minimum absolute atomic E-state index is 0.0855. The normalized spacial score (nSPS) is 15.6. The zero-order valence-corrected chi connectivity index (χ0v) is 15.8. The molecule has 0 aliphatic carbocycles. The molecule has 0 bridgehead atoms. The molecule has 0 radical (unpaired) electrons. The van der Waals surface area contributed by atoms with Crippen LogP contribution in [-0.2, 0) is 10.0 Å². The molecular weight excluding hydrogens is 382 g/mol. The molecule has 146 valence electrons. The highest BCUT2D eigenvalue weighted by molar-refractivity contribution is 7.92. The number of amides is 1. The first-order valence-corrected chi connectivity index (χ1v) is 10.1. The summed E-state index contributed by atoms with van der Waals surface area (Å²) in [4.78, 5) is 24.2. The van der Waals surface area contributed by atoms with E-state index < -0.39 is 14.9 Å². The van der Waals surface area contributed by atoms with Gasteiger partial charge in [-0.05, 0) is 23.8 Å². The fourth-order valence-corrected chi connectivity index (χ4v) is 4.04. The molecule has 1 aliphatic heterocycles. The number of hydrogen-bond donors (Lipinski definition) is 0. The van der Waals surface area contributed by atoms with Crippen molar-refractivity contribution in [3.8, 4) is 0 Å². The lowest BCUT2D eigenvalue weighted by atomic mass is 10.1. The predicted octanol–water partition coefficient (Wildman–Crippen LogP) is 2.35. The molecule has 1 amide bonds. The van der Waals surface area contributed by atoms with Crippen LogP contribution in [-0.4, -0.2) is 54.6 Å². The van der Waals surface area contributed by atoms with Crippen LogP contribution in [0, 0.1) is 10.1 Å². The van der Waals surface area contributed by atoms with Crippen LogP contribution < -0.4 is 0 Å². The van der Waals surface area contributed by atoms with E-state index in [4.69, 9.17) is 0 Å². The lowest BCUT2D eigenvalue weighted by Crippen LogP contribution is -2.50. The smallest absolute Gasteiger partial charge is 0.269 e. The molecule has 8 nitrogen and oxygen atoms in total. The van der Waals surface area contributed by atoms with E-state index in [1.54, 1.807) is 11.0 Å². The number of sulfonamides is 1. The van der Waals surface area contributed by atoms with E-state index in [9.17, 15) is 23.3 Å². The maximum Gasteiger partial charge on any atom is 0.269 e. The maximum absolute atomic E-state index is 12.5. The lowest BCUT2D eigenvalue weighted by molar-refractivity contribution is -0.384. The largest absolute Gasteiger partial charge is 0.336 e. The van der Waals surface area contributed by atoms with E-state index >= 15 is 0 Å². The van der Waals surface area contributed by atoms with Gasteiger partial charge in [0.2, 0.25) is 10.0 Å². The van der Waals surface area contributed by atoms with Gasteiger partial charge in [0.05, 0.1) is 4.92 Å². The Labute approximate surface area is 162 Å². The highest BCUT2D eigenvalue weighted by Gasteiger charge is 2.28. The van der Waals surface area contributed by atoms with Crippen molar-refractivity contribution in [2.45, 2.75) is 0 Å². The van der Waals surface area contributed by atoms with Crippen molar-refractivity contribution in [2.24, 2.45) is 0 Å². The molecule has 3 rings (SSSR count). The van der Waals surface area contributed by atoms with Gasteiger partial charge in [-0.2, -0.15) is 4.31 Å². The Kier molecular flexibility index (Phi) is 5.86. The molecule has 0 atom stereocenters. The van der Waals surface area contributed by atoms with Crippen LogP contribution in [0.25, 0.3) is 6.08 Å². The monoisotopic (exact) mass is 401 g/mol. The molecule has 9 heteroatoms. The molecule has 0 unspecified atom stereocenters. The second kappa shape index (κ2) is 8.32. The summed E-state index contributed by atoms with van der Waals surface area (Å²) < 4.78 is 26.3. The zero-order chi connectivity index (χ0) is 20.1. The number of carbonyl (C=O) groups is 1. The number of rotatable bonds is 5. The van der Waals surface area contributed by atoms with E-state index in [-0.39, 0.29) is 37.8 Å². The Balaban J connectivity index is 1.61. The van der Waals surface area contributed by atoms with Crippen molar-refractivity contribution >= 4 is 27.7 Å². The molecule has 1 aliphatic rings. The van der Waals surface area contributed by atoms with Crippen molar-refractivity contribution in [3.05, 3.63) is 81.2 Å². The summed E-state index contributed by atoms with van der Waals surface area (Å²) in [5, 5.41) is 11.9. The van der Waals surface area contributed by atoms with E-state index in [2.05, 4.69) is 0 Å². The molecule has 0 saturated carbocycles. The van der Waals surface area contributed by atoms with Crippen LogP contribution in [0.3, 0.4) is 0 Å². The molecule has 1 fully saturated rings. The second-order valence-electron chi connectivity index (χ2n) is 6.25. The van der Waals surface area contributed by atoms with Crippen molar-refractivity contribution < 1.29 is 18.1 Å². The summed E-state index contributed by atoms with van der Waals surface area (Å²) in [7, 11) is -3.57. The van der Waals surface area contributed by atoms with E-state index in [0.717, 1.165) is 5.56 Å². The number of non-ortho nitro benzene ring substituents is 1. The molecule has 1 heterocycles. The van der Waals surface area contributed by atoms with Crippen LogP contribution in [0.5, 0.6) is 0 Å². The van der Waals surface area contributed by atoms with Gasteiger partial charge >= 0.3 is 0 Å². The van der Waals surface area contributed by atoms with Gasteiger partial charge in [0.15, 0.2) is 0 Å². The lowest BCUT2D eigenvalue weighted by Gasteiger charge is -2.33. The van der Waals surface area contributed by atoms with E-state index in [0.29, 0.717) is 5.56 Å². The van der Waals surface area contributed by atoms with E-state index in [1.807, 2.05) is 30.3 Å². The average Bonchev–Trinajstić information content (AvgIpc) is 2.73. The SMILES string of the molecule is O=C(c1ccc([N+](=O)[O-])cc1)N1CCN(S(=O)(=O)C=Cc2ccccc2)CC1. The molecule has 0 aromatic heterocycles. The van der Waals surface area contributed by atoms with Crippen LogP contribution in [0.1, 0.15) is 15.9 Å². The Hall–Kier alpha value is -3.04. The Morgan fingerprint density at radius 1 is 0.964 bits per heavy atom. The highest BCUT2D eigenvalue weighted by atomic mass is 32.2. The third-order valence-electron chi connectivity index (χ3n) is 4.44. The number of nitro groups is 1. The van der Waals surface area contributed by atoms with E-state index in [1.165, 1.54) is 34.0 Å². The molecule has 1 saturated heterocycles. The topological polar surface area (TPSA) is 101 Å². The number of carbonyl (C=O) groups excluding carboxylic acids is 1. The molecule has 0 N–H and O–H groups in total. The maximum atomic E-state index is 12.5. The van der Waals surface area contributed by atoms with Crippen molar-refractivity contribution in [3.63, 3.8) is 0 Å². The summed E-state index contributed by atoms with van der Waals surface area (Å²) in [6.07, 6.45) is 1.55. The molecule has 28 heavy (non-hydrogen) atoms. The Morgan fingerprint density at radius 3 is 2.14 bits per heavy atom. The minimum atomic E-state index is -3.57.